The number of rotatable bonds is 1. The molecule has 0 aromatic carbocycles. The van der Waals surface area contributed by atoms with Crippen molar-refractivity contribution in [3.8, 4) is 0 Å². The monoisotopic (exact) mass is 138 g/mol. The molecule has 0 aromatic rings. The highest BCUT2D eigenvalue weighted by molar-refractivity contribution is 5.81. The first-order valence-corrected chi connectivity index (χ1v) is 4.02. The largest absolute Gasteiger partial charge is 0.337 e. The van der Waals surface area contributed by atoms with Gasteiger partial charge < -0.3 is 4.90 Å². The van der Waals surface area contributed by atoms with Crippen molar-refractivity contribution in [2.75, 3.05) is 6.54 Å². The molecule has 1 aliphatic carbocycles. The van der Waals surface area contributed by atoms with Crippen LogP contribution in [0.25, 0.3) is 0 Å². The lowest BCUT2D eigenvalue weighted by molar-refractivity contribution is -0.130. The highest BCUT2D eigenvalue weighted by Gasteiger charge is 2.34. The van der Waals surface area contributed by atoms with E-state index in [1.807, 2.05) is 11.4 Å². The van der Waals surface area contributed by atoms with E-state index in [9.17, 15) is 4.79 Å². The Balaban J connectivity index is 1.90. The zero-order valence-electron chi connectivity index (χ0n) is 6.05. The average Bonchev–Trinajstić information content (AvgIpc) is 2.65. The molecule has 1 amide bonds. The molecule has 0 aromatic heterocycles. The Bertz CT molecular complexity index is 145. The fourth-order valence-corrected chi connectivity index (χ4v) is 1.37. The Morgan fingerprint density at radius 3 is 2.80 bits per heavy atom. The van der Waals surface area contributed by atoms with Crippen molar-refractivity contribution in [1.29, 1.82) is 0 Å². The van der Waals surface area contributed by atoms with Gasteiger partial charge in [-0.25, -0.2) is 0 Å². The lowest BCUT2D eigenvalue weighted by Gasteiger charge is -2.13. The van der Waals surface area contributed by atoms with Crippen LogP contribution in [0, 0.1) is 12.5 Å². The molecule has 1 saturated carbocycles. The standard InChI is InChI=1S/C8H12NO/c10-8(7-3-4-7)9-5-1-2-6-9/h5,7H,1-4,6H2. The molecule has 0 unspecified atom stereocenters. The third kappa shape index (κ3) is 1.02. The van der Waals surface area contributed by atoms with Crippen LogP contribution in [0.5, 0.6) is 0 Å². The van der Waals surface area contributed by atoms with Crippen LogP contribution < -0.4 is 0 Å². The van der Waals surface area contributed by atoms with E-state index in [1.165, 1.54) is 6.42 Å². The summed E-state index contributed by atoms with van der Waals surface area (Å²) in [5, 5.41) is 0. The summed E-state index contributed by atoms with van der Waals surface area (Å²) >= 11 is 0. The maximum atomic E-state index is 11.3. The van der Waals surface area contributed by atoms with Crippen molar-refractivity contribution in [2.24, 2.45) is 5.92 Å². The molecule has 2 heteroatoms. The van der Waals surface area contributed by atoms with Crippen LogP contribution in [0.3, 0.4) is 0 Å². The number of amides is 1. The van der Waals surface area contributed by atoms with Gasteiger partial charge in [-0.1, -0.05) is 0 Å². The molecule has 2 rings (SSSR count). The molecule has 55 valence electrons. The molecule has 0 bridgehead atoms. The van der Waals surface area contributed by atoms with Gasteiger partial charge in [0.1, 0.15) is 0 Å². The quantitative estimate of drug-likeness (QED) is 0.533. The molecule has 0 spiro atoms. The summed E-state index contributed by atoms with van der Waals surface area (Å²) < 4.78 is 0. The van der Waals surface area contributed by atoms with Crippen molar-refractivity contribution in [3.63, 3.8) is 0 Å². The Hall–Kier alpha value is -0.530. The zero-order valence-corrected chi connectivity index (χ0v) is 6.05. The maximum absolute atomic E-state index is 11.3. The Labute approximate surface area is 61.2 Å². The normalized spacial score (nSPS) is 25.4. The zero-order chi connectivity index (χ0) is 6.97. The molecule has 1 heterocycles. The van der Waals surface area contributed by atoms with Gasteiger partial charge in [0.05, 0.1) is 6.54 Å². The molecule has 2 nitrogen and oxygen atoms in total. The first kappa shape index (κ1) is 6.20. The SMILES string of the molecule is O=C(C1CC1)N1[CH]CCC1. The van der Waals surface area contributed by atoms with Gasteiger partial charge in [-0.05, 0) is 25.7 Å². The maximum Gasteiger partial charge on any atom is 0.226 e. The molecule has 1 saturated heterocycles. The smallest absolute Gasteiger partial charge is 0.226 e. The van der Waals surface area contributed by atoms with Crippen molar-refractivity contribution >= 4 is 5.91 Å². The summed E-state index contributed by atoms with van der Waals surface area (Å²) in [5.41, 5.74) is 0. The van der Waals surface area contributed by atoms with Gasteiger partial charge >= 0.3 is 0 Å². The van der Waals surface area contributed by atoms with E-state index < -0.39 is 0 Å². The fourth-order valence-electron chi connectivity index (χ4n) is 1.37. The number of carbonyl (C=O) groups is 1. The first-order chi connectivity index (χ1) is 4.88. The number of hydrogen-bond donors (Lipinski definition) is 0. The predicted molar refractivity (Wildman–Crippen MR) is 38.0 cm³/mol. The van der Waals surface area contributed by atoms with Gasteiger partial charge in [0.2, 0.25) is 5.91 Å². The van der Waals surface area contributed by atoms with Crippen LogP contribution in [0.2, 0.25) is 0 Å². The highest BCUT2D eigenvalue weighted by Crippen LogP contribution is 2.32. The third-order valence-corrected chi connectivity index (χ3v) is 2.16. The molecular weight excluding hydrogens is 126 g/mol. The van der Waals surface area contributed by atoms with Gasteiger partial charge in [0.15, 0.2) is 0 Å². The van der Waals surface area contributed by atoms with Gasteiger partial charge in [-0.3, -0.25) is 4.79 Å². The Morgan fingerprint density at radius 1 is 1.50 bits per heavy atom. The van der Waals surface area contributed by atoms with Crippen LogP contribution in [-0.2, 0) is 4.79 Å². The summed E-state index contributed by atoms with van der Waals surface area (Å²) in [7, 11) is 0. The second-order valence-corrected chi connectivity index (χ2v) is 3.13. The van der Waals surface area contributed by atoms with Crippen molar-refractivity contribution in [2.45, 2.75) is 25.7 Å². The third-order valence-electron chi connectivity index (χ3n) is 2.16. The van der Waals surface area contributed by atoms with Crippen molar-refractivity contribution in [1.82, 2.24) is 4.90 Å². The molecule has 0 N–H and O–H groups in total. The summed E-state index contributed by atoms with van der Waals surface area (Å²) in [6.45, 7) is 3.01. The first-order valence-electron chi connectivity index (χ1n) is 4.02. The minimum atomic E-state index is 0.373. The lowest BCUT2D eigenvalue weighted by atomic mass is 10.3. The number of likely N-dealkylation sites (tertiary alicyclic amines) is 1. The van der Waals surface area contributed by atoms with Crippen LogP contribution in [0.15, 0.2) is 0 Å². The van der Waals surface area contributed by atoms with E-state index in [-0.39, 0.29) is 0 Å². The minimum Gasteiger partial charge on any atom is -0.337 e. The molecule has 10 heavy (non-hydrogen) atoms. The number of nitrogens with zero attached hydrogens (tertiary/aromatic N) is 1. The second kappa shape index (κ2) is 2.26. The average molecular weight is 138 g/mol. The molecule has 1 aliphatic heterocycles. The topological polar surface area (TPSA) is 20.3 Å². The van der Waals surface area contributed by atoms with Crippen LogP contribution in [-0.4, -0.2) is 17.4 Å². The number of carbonyl (C=O) groups excluding carboxylic acids is 1. The van der Waals surface area contributed by atoms with E-state index in [2.05, 4.69) is 0 Å². The Morgan fingerprint density at radius 2 is 2.30 bits per heavy atom. The van der Waals surface area contributed by atoms with E-state index in [4.69, 9.17) is 0 Å². The fraction of sp³-hybridized carbons (Fsp3) is 0.750. The molecule has 2 aliphatic rings. The highest BCUT2D eigenvalue weighted by atomic mass is 16.2. The molecule has 1 radical (unpaired) electrons. The second-order valence-electron chi connectivity index (χ2n) is 3.13. The summed E-state index contributed by atoms with van der Waals surface area (Å²) in [6.07, 6.45) is 4.52. The Kier molecular flexibility index (Phi) is 1.40. The van der Waals surface area contributed by atoms with E-state index in [0.29, 0.717) is 11.8 Å². The summed E-state index contributed by atoms with van der Waals surface area (Å²) in [4.78, 5) is 13.2. The van der Waals surface area contributed by atoms with Crippen molar-refractivity contribution in [3.05, 3.63) is 6.54 Å². The summed E-state index contributed by atoms with van der Waals surface area (Å²) in [5.74, 6) is 0.770. The van der Waals surface area contributed by atoms with Gasteiger partial charge in [-0.15, -0.1) is 0 Å². The van der Waals surface area contributed by atoms with Gasteiger partial charge in [-0.2, -0.15) is 0 Å². The van der Waals surface area contributed by atoms with Crippen LogP contribution in [0.4, 0.5) is 0 Å². The molecular formula is C8H12NO. The van der Waals surface area contributed by atoms with E-state index >= 15 is 0 Å². The van der Waals surface area contributed by atoms with E-state index in [1.54, 1.807) is 0 Å². The van der Waals surface area contributed by atoms with E-state index in [0.717, 1.165) is 25.8 Å². The molecule has 2 fully saturated rings. The lowest BCUT2D eigenvalue weighted by Crippen LogP contribution is -2.25. The van der Waals surface area contributed by atoms with Crippen molar-refractivity contribution < 1.29 is 4.79 Å². The van der Waals surface area contributed by atoms with Crippen LogP contribution in [0.1, 0.15) is 25.7 Å². The van der Waals surface area contributed by atoms with Crippen LogP contribution >= 0.6 is 0 Å². The summed E-state index contributed by atoms with van der Waals surface area (Å²) in [6, 6.07) is 0. The molecule has 0 atom stereocenters. The number of hydrogen-bond acceptors (Lipinski definition) is 1. The minimum absolute atomic E-state index is 0.373. The van der Waals surface area contributed by atoms with Gasteiger partial charge in [0.25, 0.3) is 0 Å². The van der Waals surface area contributed by atoms with Gasteiger partial charge in [0, 0.05) is 12.5 Å². The predicted octanol–water partition coefficient (Wildman–Crippen LogP) is 1.18.